The van der Waals surface area contributed by atoms with Crippen molar-refractivity contribution in [2.24, 2.45) is 13.0 Å². The Morgan fingerprint density at radius 3 is 2.89 bits per heavy atom. The lowest BCUT2D eigenvalue weighted by atomic mass is 9.97. The van der Waals surface area contributed by atoms with Crippen LogP contribution in [0.5, 0.6) is 0 Å². The van der Waals surface area contributed by atoms with E-state index in [1.54, 1.807) is 30.4 Å². The van der Waals surface area contributed by atoms with Crippen LogP contribution in [0.3, 0.4) is 0 Å². The molecule has 28 heavy (non-hydrogen) atoms. The molecule has 0 saturated carbocycles. The number of thiazole rings is 1. The maximum atomic E-state index is 13.1. The van der Waals surface area contributed by atoms with Crippen molar-refractivity contribution in [3.05, 3.63) is 38.7 Å². The quantitative estimate of drug-likeness (QED) is 0.705. The summed E-state index contributed by atoms with van der Waals surface area (Å²) in [5.41, 5.74) is 0.505. The summed E-state index contributed by atoms with van der Waals surface area (Å²) < 4.78 is 1.41. The van der Waals surface area contributed by atoms with Crippen molar-refractivity contribution >= 4 is 49.8 Å². The smallest absolute Gasteiger partial charge is 0.264 e. The summed E-state index contributed by atoms with van der Waals surface area (Å²) in [4.78, 5) is 49.2. The summed E-state index contributed by atoms with van der Waals surface area (Å²) in [5.74, 6) is -0.535. The van der Waals surface area contributed by atoms with Gasteiger partial charge in [0.05, 0.1) is 22.5 Å². The van der Waals surface area contributed by atoms with Crippen LogP contribution >= 0.6 is 22.7 Å². The fraction of sp³-hybridized carbons (Fsp3) is 0.389. The molecule has 2 amide bonds. The largest absolute Gasteiger partial charge is 0.337 e. The molecule has 0 aliphatic carbocycles. The number of piperidine rings is 1. The first-order valence-electron chi connectivity index (χ1n) is 8.90. The molecular formula is C18H19N5O3S2. The number of hydrogen-bond acceptors (Lipinski definition) is 7. The van der Waals surface area contributed by atoms with E-state index in [1.165, 1.54) is 33.6 Å². The number of thiophene rings is 1. The molecular weight excluding hydrogens is 398 g/mol. The summed E-state index contributed by atoms with van der Waals surface area (Å²) in [6, 6.07) is 0. The van der Waals surface area contributed by atoms with Crippen LogP contribution in [0.15, 0.2) is 22.7 Å². The van der Waals surface area contributed by atoms with Crippen molar-refractivity contribution in [2.75, 3.05) is 18.4 Å². The Balaban J connectivity index is 1.55. The van der Waals surface area contributed by atoms with E-state index in [-0.39, 0.29) is 23.3 Å². The van der Waals surface area contributed by atoms with Gasteiger partial charge in [0, 0.05) is 31.7 Å². The first-order chi connectivity index (χ1) is 13.5. The number of nitrogens with one attached hydrogen (secondary N) is 1. The van der Waals surface area contributed by atoms with Crippen LogP contribution in [0.4, 0.5) is 5.13 Å². The second kappa shape index (κ2) is 7.44. The highest BCUT2D eigenvalue weighted by molar-refractivity contribution is 7.20. The summed E-state index contributed by atoms with van der Waals surface area (Å²) in [6.07, 6.45) is 4.59. The van der Waals surface area contributed by atoms with Crippen LogP contribution in [-0.2, 0) is 11.8 Å². The summed E-state index contributed by atoms with van der Waals surface area (Å²) >= 11 is 2.60. The van der Waals surface area contributed by atoms with Crippen molar-refractivity contribution in [1.82, 2.24) is 19.4 Å². The van der Waals surface area contributed by atoms with E-state index in [0.717, 1.165) is 12.8 Å². The molecule has 1 aliphatic rings. The third-order valence-electron chi connectivity index (χ3n) is 4.95. The van der Waals surface area contributed by atoms with Gasteiger partial charge in [0.25, 0.3) is 11.5 Å². The lowest BCUT2D eigenvalue weighted by molar-refractivity contribution is -0.121. The molecule has 3 aromatic rings. The van der Waals surface area contributed by atoms with E-state index in [2.05, 4.69) is 15.3 Å². The molecule has 10 heteroatoms. The number of fused-ring (bicyclic) bond motifs is 1. The zero-order valence-electron chi connectivity index (χ0n) is 15.5. The van der Waals surface area contributed by atoms with Gasteiger partial charge in [-0.25, -0.2) is 9.97 Å². The second-order valence-electron chi connectivity index (χ2n) is 6.81. The molecule has 0 aromatic carbocycles. The first kappa shape index (κ1) is 18.8. The molecule has 0 spiro atoms. The second-order valence-corrected chi connectivity index (χ2v) is 8.71. The molecule has 4 rings (SSSR count). The zero-order valence-corrected chi connectivity index (χ0v) is 17.1. The van der Waals surface area contributed by atoms with E-state index >= 15 is 0 Å². The van der Waals surface area contributed by atoms with Crippen molar-refractivity contribution in [3.63, 3.8) is 0 Å². The van der Waals surface area contributed by atoms with Gasteiger partial charge >= 0.3 is 0 Å². The maximum Gasteiger partial charge on any atom is 0.264 e. The van der Waals surface area contributed by atoms with Gasteiger partial charge in [-0.15, -0.1) is 22.7 Å². The van der Waals surface area contributed by atoms with Crippen LogP contribution < -0.4 is 10.9 Å². The zero-order chi connectivity index (χ0) is 19.8. The van der Waals surface area contributed by atoms with Gasteiger partial charge in [0.2, 0.25) is 5.91 Å². The number of carbonyl (C=O) groups is 2. The molecule has 1 fully saturated rings. The number of likely N-dealkylation sites (tertiary alicyclic amines) is 1. The molecule has 0 bridgehead atoms. The summed E-state index contributed by atoms with van der Waals surface area (Å²) in [5, 5.41) is 5.68. The highest BCUT2D eigenvalue weighted by Gasteiger charge is 2.31. The third-order valence-corrected chi connectivity index (χ3v) is 6.82. The molecule has 1 N–H and O–H groups in total. The Kier molecular flexibility index (Phi) is 4.98. The average molecular weight is 418 g/mol. The highest BCUT2D eigenvalue weighted by Crippen LogP contribution is 2.29. The first-order valence-corrected chi connectivity index (χ1v) is 10.6. The molecule has 1 aliphatic heterocycles. The number of amides is 2. The minimum atomic E-state index is -0.276. The standard InChI is InChI=1S/C18H19N5O3S2/c1-10-12-15(20-9-22(2)16(12)25)28-13(10)17(26)23-6-3-4-11(8-23)14(24)21-18-19-5-7-27-18/h5,7,9,11H,3-4,6,8H2,1-2H3,(H,19,21,24). The van der Waals surface area contributed by atoms with Gasteiger partial charge in [-0.1, -0.05) is 0 Å². The van der Waals surface area contributed by atoms with E-state index in [9.17, 15) is 14.4 Å². The molecule has 4 heterocycles. The Hall–Kier alpha value is -2.59. The molecule has 0 radical (unpaired) electrons. The minimum Gasteiger partial charge on any atom is -0.337 e. The van der Waals surface area contributed by atoms with E-state index in [1.807, 2.05) is 0 Å². The normalized spacial score (nSPS) is 17.1. The Morgan fingerprint density at radius 2 is 2.14 bits per heavy atom. The molecule has 146 valence electrons. The molecule has 1 atom stereocenters. The minimum absolute atomic E-state index is 0.115. The van der Waals surface area contributed by atoms with Crippen LogP contribution in [0.2, 0.25) is 0 Å². The third kappa shape index (κ3) is 3.33. The molecule has 1 unspecified atom stereocenters. The Bertz CT molecular complexity index is 1100. The SMILES string of the molecule is Cc1c(C(=O)N2CCCC(C(=O)Nc3nccs3)C2)sc2ncn(C)c(=O)c12. The molecule has 3 aromatic heterocycles. The van der Waals surface area contributed by atoms with Crippen molar-refractivity contribution in [2.45, 2.75) is 19.8 Å². The van der Waals surface area contributed by atoms with E-state index < -0.39 is 0 Å². The van der Waals surface area contributed by atoms with Crippen molar-refractivity contribution in [1.29, 1.82) is 0 Å². The van der Waals surface area contributed by atoms with Gasteiger partial charge in [-0.2, -0.15) is 0 Å². The number of anilines is 1. The Labute approximate surface area is 168 Å². The van der Waals surface area contributed by atoms with Gasteiger partial charge in [0.1, 0.15) is 4.83 Å². The monoisotopic (exact) mass is 417 g/mol. The predicted molar refractivity (Wildman–Crippen MR) is 109 cm³/mol. The summed E-state index contributed by atoms with van der Waals surface area (Å²) in [6.45, 7) is 2.74. The van der Waals surface area contributed by atoms with Gasteiger partial charge in [-0.05, 0) is 25.3 Å². The highest BCUT2D eigenvalue weighted by atomic mass is 32.1. The van der Waals surface area contributed by atoms with Crippen LogP contribution in [0.25, 0.3) is 10.2 Å². The van der Waals surface area contributed by atoms with Crippen LogP contribution in [0.1, 0.15) is 28.1 Å². The van der Waals surface area contributed by atoms with E-state index in [0.29, 0.717) is 38.9 Å². The van der Waals surface area contributed by atoms with E-state index in [4.69, 9.17) is 0 Å². The van der Waals surface area contributed by atoms with Gasteiger partial charge in [-0.3, -0.25) is 14.4 Å². The number of aryl methyl sites for hydroxylation is 2. The molecule has 1 saturated heterocycles. The lowest BCUT2D eigenvalue weighted by Gasteiger charge is -2.31. The van der Waals surface area contributed by atoms with Crippen molar-refractivity contribution in [3.8, 4) is 0 Å². The number of nitrogens with zero attached hydrogens (tertiary/aromatic N) is 4. The van der Waals surface area contributed by atoms with Crippen LogP contribution in [-0.4, -0.2) is 44.3 Å². The maximum absolute atomic E-state index is 13.1. The number of aromatic nitrogens is 3. The fourth-order valence-corrected chi connectivity index (χ4v) is 5.06. The van der Waals surface area contributed by atoms with Crippen LogP contribution in [0, 0.1) is 12.8 Å². The number of rotatable bonds is 3. The predicted octanol–water partition coefficient (Wildman–Crippen LogP) is 2.25. The van der Waals surface area contributed by atoms with Gasteiger partial charge < -0.3 is 14.8 Å². The summed E-state index contributed by atoms with van der Waals surface area (Å²) in [7, 11) is 1.64. The Morgan fingerprint density at radius 1 is 1.32 bits per heavy atom. The molecule has 8 nitrogen and oxygen atoms in total. The van der Waals surface area contributed by atoms with Gasteiger partial charge in [0.15, 0.2) is 5.13 Å². The fourth-order valence-electron chi connectivity index (χ4n) is 3.42. The number of carbonyl (C=O) groups excluding carboxylic acids is 2. The lowest BCUT2D eigenvalue weighted by Crippen LogP contribution is -2.43. The topological polar surface area (TPSA) is 97.2 Å². The average Bonchev–Trinajstić information content (AvgIpc) is 3.32. The number of hydrogen-bond donors (Lipinski definition) is 1. The van der Waals surface area contributed by atoms with Crippen molar-refractivity contribution < 1.29 is 9.59 Å².